The minimum atomic E-state index is 0.0256. The second kappa shape index (κ2) is 5.66. The van der Waals surface area contributed by atoms with Crippen LogP contribution in [-0.2, 0) is 0 Å². The van der Waals surface area contributed by atoms with Crippen molar-refractivity contribution in [3.63, 3.8) is 0 Å². The number of carbonyl (C=O) groups excluding carboxylic acids is 1. The molecule has 0 amide bonds. The number of hydrogen-bond acceptors (Lipinski definition) is 3. The van der Waals surface area contributed by atoms with Gasteiger partial charge in [-0.3, -0.25) is 4.79 Å². The normalized spacial score (nSPS) is 10.2. The molecule has 0 spiro atoms. The van der Waals surface area contributed by atoms with Crippen LogP contribution in [0.25, 0.3) is 0 Å². The molecule has 0 aromatic heterocycles. The maximum Gasteiger partial charge on any atom is 0.166 e. The lowest BCUT2D eigenvalue weighted by Crippen LogP contribution is -2.05. The number of aliphatic hydroxyl groups excluding tert-OH is 1. The summed E-state index contributed by atoms with van der Waals surface area (Å²) in [5.74, 6) is 0.672. The van der Waals surface area contributed by atoms with Gasteiger partial charge in [0.1, 0.15) is 5.75 Å². The highest BCUT2D eigenvalue weighted by molar-refractivity contribution is 5.99. The first-order valence-corrected chi connectivity index (χ1v) is 5.39. The highest BCUT2D eigenvalue weighted by Gasteiger charge is 2.14. The van der Waals surface area contributed by atoms with Gasteiger partial charge in [-0.25, -0.2) is 0 Å². The van der Waals surface area contributed by atoms with Gasteiger partial charge >= 0.3 is 0 Å². The predicted octanol–water partition coefficient (Wildman–Crippen LogP) is 2.27. The average Bonchev–Trinajstić information content (AvgIpc) is 2.24. The van der Waals surface area contributed by atoms with E-state index in [-0.39, 0.29) is 12.4 Å². The lowest BCUT2D eigenvalue weighted by molar-refractivity contribution is 0.0968. The zero-order valence-electron chi connectivity index (χ0n) is 10.0. The van der Waals surface area contributed by atoms with Gasteiger partial charge in [0.15, 0.2) is 5.78 Å². The largest absolute Gasteiger partial charge is 0.496 e. The third-order valence-corrected chi connectivity index (χ3v) is 2.49. The molecule has 88 valence electrons. The fourth-order valence-corrected chi connectivity index (χ4v) is 1.81. The quantitative estimate of drug-likeness (QED) is 0.777. The molecular weight excluding hydrogens is 204 g/mol. The van der Waals surface area contributed by atoms with E-state index in [0.29, 0.717) is 24.2 Å². The van der Waals surface area contributed by atoms with E-state index >= 15 is 0 Å². The fourth-order valence-electron chi connectivity index (χ4n) is 1.81. The van der Waals surface area contributed by atoms with Crippen LogP contribution < -0.4 is 4.74 Å². The van der Waals surface area contributed by atoms with E-state index in [1.807, 2.05) is 26.0 Å². The van der Waals surface area contributed by atoms with Gasteiger partial charge in [0.25, 0.3) is 0 Å². The Morgan fingerprint density at radius 2 is 2.06 bits per heavy atom. The number of ether oxygens (including phenoxy) is 1. The van der Waals surface area contributed by atoms with Crippen molar-refractivity contribution in [1.82, 2.24) is 0 Å². The number of rotatable bonds is 5. The summed E-state index contributed by atoms with van der Waals surface area (Å²) < 4.78 is 5.25. The van der Waals surface area contributed by atoms with Crippen molar-refractivity contribution in [3.05, 3.63) is 28.8 Å². The third-order valence-electron chi connectivity index (χ3n) is 2.49. The first-order chi connectivity index (χ1) is 7.60. The van der Waals surface area contributed by atoms with Crippen LogP contribution in [0.4, 0.5) is 0 Å². The van der Waals surface area contributed by atoms with Crippen LogP contribution in [0.2, 0.25) is 0 Å². The lowest BCUT2D eigenvalue weighted by atomic mass is 10.00. The summed E-state index contributed by atoms with van der Waals surface area (Å²) in [7, 11) is 1.57. The number of ketones is 1. The van der Waals surface area contributed by atoms with E-state index in [0.717, 1.165) is 11.1 Å². The van der Waals surface area contributed by atoms with Crippen molar-refractivity contribution in [3.8, 4) is 5.75 Å². The van der Waals surface area contributed by atoms with Gasteiger partial charge in [0.05, 0.1) is 12.7 Å². The van der Waals surface area contributed by atoms with E-state index < -0.39 is 0 Å². The molecule has 0 aliphatic heterocycles. The zero-order chi connectivity index (χ0) is 12.1. The maximum absolute atomic E-state index is 11.9. The minimum Gasteiger partial charge on any atom is -0.496 e. The smallest absolute Gasteiger partial charge is 0.166 e. The van der Waals surface area contributed by atoms with Gasteiger partial charge in [-0.1, -0.05) is 6.07 Å². The number of benzene rings is 1. The molecular formula is C13H18O3. The summed E-state index contributed by atoms with van der Waals surface area (Å²) >= 11 is 0. The Bertz CT molecular complexity index is 383. The van der Waals surface area contributed by atoms with Crippen molar-refractivity contribution < 1.29 is 14.6 Å². The molecule has 1 aromatic rings. The first kappa shape index (κ1) is 12.7. The number of methoxy groups -OCH3 is 1. The van der Waals surface area contributed by atoms with Gasteiger partial charge < -0.3 is 9.84 Å². The van der Waals surface area contributed by atoms with E-state index in [2.05, 4.69) is 0 Å². The summed E-state index contributed by atoms with van der Waals surface area (Å²) in [4.78, 5) is 11.9. The summed E-state index contributed by atoms with van der Waals surface area (Å²) in [6.07, 6.45) is 0.852. The van der Waals surface area contributed by atoms with Crippen LogP contribution in [0.5, 0.6) is 5.75 Å². The summed E-state index contributed by atoms with van der Waals surface area (Å²) in [6.45, 7) is 3.92. The van der Waals surface area contributed by atoms with Crippen LogP contribution in [0.3, 0.4) is 0 Å². The molecule has 0 aliphatic rings. The molecule has 0 heterocycles. The Labute approximate surface area is 96.1 Å². The Kier molecular flexibility index (Phi) is 4.50. The Morgan fingerprint density at radius 1 is 1.38 bits per heavy atom. The van der Waals surface area contributed by atoms with Gasteiger partial charge in [-0.05, 0) is 37.5 Å². The van der Waals surface area contributed by atoms with E-state index in [9.17, 15) is 4.79 Å². The number of Topliss-reactive ketones (excluding diaryl/α,β-unsaturated/α-hetero) is 1. The first-order valence-electron chi connectivity index (χ1n) is 5.39. The molecule has 3 nitrogen and oxygen atoms in total. The number of hydrogen-bond donors (Lipinski definition) is 1. The monoisotopic (exact) mass is 222 g/mol. The maximum atomic E-state index is 11.9. The summed E-state index contributed by atoms with van der Waals surface area (Å²) in [5, 5.41) is 8.71. The third kappa shape index (κ3) is 2.83. The van der Waals surface area contributed by atoms with Crippen LogP contribution in [-0.4, -0.2) is 24.6 Å². The molecule has 0 saturated carbocycles. The molecule has 0 radical (unpaired) electrons. The molecule has 1 N–H and O–H groups in total. The van der Waals surface area contributed by atoms with Crippen molar-refractivity contribution in [2.45, 2.75) is 26.7 Å². The van der Waals surface area contributed by atoms with Gasteiger partial charge in [-0.15, -0.1) is 0 Å². The molecule has 0 unspecified atom stereocenters. The average molecular weight is 222 g/mol. The van der Waals surface area contributed by atoms with Crippen LogP contribution in [0.15, 0.2) is 12.1 Å². The Balaban J connectivity index is 3.05. The molecule has 3 heteroatoms. The second-order valence-corrected chi connectivity index (χ2v) is 3.91. The van der Waals surface area contributed by atoms with E-state index in [1.165, 1.54) is 0 Å². The van der Waals surface area contributed by atoms with Crippen LogP contribution in [0, 0.1) is 13.8 Å². The van der Waals surface area contributed by atoms with Crippen molar-refractivity contribution in [1.29, 1.82) is 0 Å². The van der Waals surface area contributed by atoms with Crippen LogP contribution in [0.1, 0.15) is 34.3 Å². The fraction of sp³-hybridized carbons (Fsp3) is 0.462. The SMILES string of the molecule is COc1c(C)cc(C)cc1C(=O)CCCO. The molecule has 0 atom stereocenters. The second-order valence-electron chi connectivity index (χ2n) is 3.91. The number of carbonyl (C=O) groups is 1. The number of aryl methyl sites for hydroxylation is 2. The molecule has 0 saturated heterocycles. The number of aliphatic hydroxyl groups is 1. The van der Waals surface area contributed by atoms with Crippen molar-refractivity contribution >= 4 is 5.78 Å². The highest BCUT2D eigenvalue weighted by Crippen LogP contribution is 2.26. The topological polar surface area (TPSA) is 46.5 Å². The van der Waals surface area contributed by atoms with Gasteiger partial charge in [0.2, 0.25) is 0 Å². The van der Waals surface area contributed by atoms with E-state index in [1.54, 1.807) is 7.11 Å². The molecule has 1 rings (SSSR count). The molecule has 0 fully saturated rings. The summed E-state index contributed by atoms with van der Waals surface area (Å²) in [6, 6.07) is 3.83. The highest BCUT2D eigenvalue weighted by atomic mass is 16.5. The molecule has 16 heavy (non-hydrogen) atoms. The Morgan fingerprint density at radius 3 is 2.62 bits per heavy atom. The van der Waals surface area contributed by atoms with Gasteiger partial charge in [0, 0.05) is 13.0 Å². The predicted molar refractivity (Wildman–Crippen MR) is 63.1 cm³/mol. The minimum absolute atomic E-state index is 0.0256. The van der Waals surface area contributed by atoms with Gasteiger partial charge in [-0.2, -0.15) is 0 Å². The molecule has 0 aliphatic carbocycles. The molecule has 0 bridgehead atoms. The van der Waals surface area contributed by atoms with Crippen molar-refractivity contribution in [2.75, 3.05) is 13.7 Å². The zero-order valence-corrected chi connectivity index (χ0v) is 10.0. The Hall–Kier alpha value is -1.35. The lowest BCUT2D eigenvalue weighted by Gasteiger charge is -2.11. The van der Waals surface area contributed by atoms with Crippen LogP contribution >= 0.6 is 0 Å². The standard InChI is InChI=1S/C13H18O3/c1-9-7-10(2)13(16-3)11(8-9)12(15)5-4-6-14/h7-8,14H,4-6H2,1-3H3. The summed E-state index contributed by atoms with van der Waals surface area (Å²) in [5.41, 5.74) is 2.63. The molecule has 1 aromatic carbocycles. The van der Waals surface area contributed by atoms with E-state index in [4.69, 9.17) is 9.84 Å². The van der Waals surface area contributed by atoms with Crippen molar-refractivity contribution in [2.24, 2.45) is 0 Å².